The third-order valence-corrected chi connectivity index (χ3v) is 6.97. The molecule has 0 saturated heterocycles. The van der Waals surface area contributed by atoms with Crippen LogP contribution in [-0.4, -0.2) is 48.8 Å². The monoisotopic (exact) mass is 484 g/mol. The van der Waals surface area contributed by atoms with Gasteiger partial charge in [-0.1, -0.05) is 6.92 Å². The molecular formula is C21H24O9S2. The molecule has 0 aliphatic heterocycles. The molecule has 3 rings (SSSR count). The van der Waals surface area contributed by atoms with E-state index in [0.717, 1.165) is 0 Å². The van der Waals surface area contributed by atoms with Gasteiger partial charge in [0.2, 0.25) is 0 Å². The maximum atomic E-state index is 12.8. The quantitative estimate of drug-likeness (QED) is 0.274. The summed E-state index contributed by atoms with van der Waals surface area (Å²) in [7, 11) is -5.78. The molecule has 1 N–H and O–H groups in total. The molecule has 174 valence electrons. The van der Waals surface area contributed by atoms with Gasteiger partial charge in [0, 0.05) is 16.2 Å². The van der Waals surface area contributed by atoms with E-state index in [0.29, 0.717) is 28.0 Å². The molecule has 0 radical (unpaired) electrons. The van der Waals surface area contributed by atoms with E-state index in [1.165, 1.54) is 44.6 Å². The highest BCUT2D eigenvalue weighted by Gasteiger charge is 2.28. The Bertz CT molecular complexity index is 1380. The Labute approximate surface area is 186 Å². The number of rotatable bonds is 9. The third kappa shape index (κ3) is 4.20. The molecule has 11 heteroatoms. The highest BCUT2D eigenvalue weighted by molar-refractivity contribution is 7.87. The Morgan fingerprint density at radius 2 is 1.50 bits per heavy atom. The summed E-state index contributed by atoms with van der Waals surface area (Å²) in [6.45, 7) is 3.69. The molecule has 0 fully saturated rings. The average Bonchev–Trinajstić information content (AvgIpc) is 2.75. The highest BCUT2D eigenvalue weighted by Crippen LogP contribution is 2.49. The van der Waals surface area contributed by atoms with Crippen molar-refractivity contribution in [2.45, 2.75) is 30.1 Å². The molecule has 0 aromatic heterocycles. The van der Waals surface area contributed by atoms with Gasteiger partial charge in [-0.25, -0.2) is 0 Å². The number of fused-ring (bicyclic) bond motifs is 2. The fourth-order valence-electron chi connectivity index (χ4n) is 3.50. The van der Waals surface area contributed by atoms with Crippen molar-refractivity contribution in [2.75, 3.05) is 27.4 Å². The van der Waals surface area contributed by atoms with E-state index < -0.39 is 20.2 Å². The molecule has 0 unspecified atom stereocenters. The third-order valence-electron chi connectivity index (χ3n) is 4.78. The fraction of sp³-hybridized carbons (Fsp3) is 0.333. The minimum Gasteiger partial charge on any atom is -0.495 e. The molecule has 3 aromatic carbocycles. The SMILES string of the molecule is CCCOS(=O)(=O)c1ccc2c(OC)c3cc(S(=O)(=O)O)ccc3c(OC)c2c1OCC. The van der Waals surface area contributed by atoms with Crippen molar-refractivity contribution in [3.8, 4) is 17.2 Å². The molecular weight excluding hydrogens is 460 g/mol. The minimum atomic E-state index is -4.46. The summed E-state index contributed by atoms with van der Waals surface area (Å²) >= 11 is 0. The summed E-state index contributed by atoms with van der Waals surface area (Å²) in [4.78, 5) is -0.476. The van der Waals surface area contributed by atoms with Crippen LogP contribution < -0.4 is 14.2 Å². The van der Waals surface area contributed by atoms with Crippen LogP contribution in [0.5, 0.6) is 17.2 Å². The van der Waals surface area contributed by atoms with Crippen LogP contribution in [0.2, 0.25) is 0 Å². The predicted octanol–water partition coefficient (Wildman–Crippen LogP) is 3.77. The van der Waals surface area contributed by atoms with Crippen molar-refractivity contribution in [3.05, 3.63) is 30.3 Å². The first-order valence-electron chi connectivity index (χ1n) is 9.74. The first kappa shape index (κ1) is 24.1. The lowest BCUT2D eigenvalue weighted by Crippen LogP contribution is -2.10. The van der Waals surface area contributed by atoms with Crippen LogP contribution in [0.1, 0.15) is 20.3 Å². The van der Waals surface area contributed by atoms with Crippen molar-refractivity contribution in [1.29, 1.82) is 0 Å². The van der Waals surface area contributed by atoms with Gasteiger partial charge < -0.3 is 14.2 Å². The molecule has 0 bridgehead atoms. The van der Waals surface area contributed by atoms with Gasteiger partial charge >= 0.3 is 10.1 Å². The summed E-state index contributed by atoms with van der Waals surface area (Å²) < 4.78 is 80.5. The number of ether oxygens (including phenoxy) is 3. The van der Waals surface area contributed by atoms with Crippen molar-refractivity contribution in [2.24, 2.45) is 0 Å². The summed E-state index contributed by atoms with van der Waals surface area (Å²) in [6, 6.07) is 6.79. The van der Waals surface area contributed by atoms with E-state index in [2.05, 4.69) is 0 Å². The Morgan fingerprint density at radius 1 is 0.844 bits per heavy atom. The second-order valence-electron chi connectivity index (χ2n) is 6.77. The van der Waals surface area contributed by atoms with Gasteiger partial charge in [0.25, 0.3) is 10.1 Å². The van der Waals surface area contributed by atoms with Crippen LogP contribution >= 0.6 is 0 Å². The van der Waals surface area contributed by atoms with Crippen molar-refractivity contribution in [1.82, 2.24) is 0 Å². The minimum absolute atomic E-state index is 0.0164. The molecule has 32 heavy (non-hydrogen) atoms. The summed E-state index contributed by atoms with van der Waals surface area (Å²) in [5, 5.41) is 1.56. The number of hydrogen-bond acceptors (Lipinski definition) is 8. The molecule has 0 spiro atoms. The Hall–Kier alpha value is -2.60. The Kier molecular flexibility index (Phi) is 6.84. The fourth-order valence-corrected chi connectivity index (χ4v) is 5.14. The van der Waals surface area contributed by atoms with Crippen molar-refractivity contribution < 1.29 is 39.8 Å². The van der Waals surface area contributed by atoms with Gasteiger partial charge in [0.15, 0.2) is 5.75 Å². The topological polar surface area (TPSA) is 125 Å². The van der Waals surface area contributed by atoms with E-state index in [4.69, 9.17) is 18.4 Å². The first-order chi connectivity index (χ1) is 15.1. The van der Waals surface area contributed by atoms with E-state index in [1.54, 1.807) is 13.8 Å². The van der Waals surface area contributed by atoms with Crippen LogP contribution in [0.15, 0.2) is 40.1 Å². The lowest BCUT2D eigenvalue weighted by atomic mass is 9.99. The standard InChI is InChI=1S/C21H24O9S2/c1-5-11-30-32(25,26)17-10-9-15-18(21(17)29-6-2)20(28-4)14-8-7-13(31(22,23)24)12-16(14)19(15)27-3/h7-10,12H,5-6,11H2,1-4H3,(H,22,23,24). The van der Waals surface area contributed by atoms with Crippen LogP contribution in [0.3, 0.4) is 0 Å². The molecule has 0 heterocycles. The predicted molar refractivity (Wildman–Crippen MR) is 119 cm³/mol. The molecule has 3 aromatic rings. The first-order valence-corrected chi connectivity index (χ1v) is 12.6. The number of hydrogen-bond donors (Lipinski definition) is 1. The molecule has 0 saturated carbocycles. The summed E-state index contributed by atoms with van der Waals surface area (Å²) in [5.74, 6) is 0.561. The molecule has 9 nitrogen and oxygen atoms in total. The molecule has 0 atom stereocenters. The lowest BCUT2D eigenvalue weighted by Gasteiger charge is -2.20. The Balaban J connectivity index is 2.52. The molecule has 0 aliphatic rings. The molecule has 0 aliphatic carbocycles. The van der Waals surface area contributed by atoms with E-state index in [9.17, 15) is 21.4 Å². The zero-order valence-corrected chi connectivity index (χ0v) is 19.7. The maximum Gasteiger partial charge on any atom is 0.300 e. The van der Waals surface area contributed by atoms with Gasteiger partial charge in [-0.2, -0.15) is 16.8 Å². The van der Waals surface area contributed by atoms with Gasteiger partial charge in [-0.3, -0.25) is 8.74 Å². The zero-order chi connectivity index (χ0) is 23.7. The smallest absolute Gasteiger partial charge is 0.300 e. The number of methoxy groups -OCH3 is 2. The van der Waals surface area contributed by atoms with E-state index >= 15 is 0 Å². The van der Waals surface area contributed by atoms with Crippen LogP contribution in [0.25, 0.3) is 21.5 Å². The van der Waals surface area contributed by atoms with Gasteiger partial charge in [0.1, 0.15) is 16.4 Å². The Morgan fingerprint density at radius 3 is 2.06 bits per heavy atom. The van der Waals surface area contributed by atoms with E-state index in [1.807, 2.05) is 0 Å². The van der Waals surface area contributed by atoms with Crippen molar-refractivity contribution in [3.63, 3.8) is 0 Å². The lowest BCUT2D eigenvalue weighted by molar-refractivity contribution is 0.307. The van der Waals surface area contributed by atoms with Crippen LogP contribution in [0, 0.1) is 0 Å². The number of benzene rings is 3. The summed E-state index contributed by atoms with van der Waals surface area (Å²) in [6.07, 6.45) is 0.509. The molecule has 0 amide bonds. The van der Waals surface area contributed by atoms with Crippen molar-refractivity contribution >= 4 is 41.8 Å². The van der Waals surface area contributed by atoms with Gasteiger partial charge in [-0.05, 0) is 43.7 Å². The second-order valence-corrected chi connectivity index (χ2v) is 9.78. The van der Waals surface area contributed by atoms with Crippen LogP contribution in [0.4, 0.5) is 0 Å². The maximum absolute atomic E-state index is 12.8. The highest BCUT2D eigenvalue weighted by atomic mass is 32.2. The van der Waals surface area contributed by atoms with Gasteiger partial charge in [-0.15, -0.1) is 0 Å². The largest absolute Gasteiger partial charge is 0.495 e. The van der Waals surface area contributed by atoms with Crippen LogP contribution in [-0.2, 0) is 24.4 Å². The van der Waals surface area contributed by atoms with E-state index in [-0.39, 0.29) is 40.3 Å². The zero-order valence-electron chi connectivity index (χ0n) is 18.0. The van der Waals surface area contributed by atoms with Gasteiger partial charge in [0.05, 0.1) is 37.7 Å². The average molecular weight is 485 g/mol. The normalized spacial score (nSPS) is 12.3. The second kappa shape index (κ2) is 9.10. The summed E-state index contributed by atoms with van der Waals surface area (Å²) in [5.41, 5.74) is 0.